The Kier molecular flexibility index (Phi) is 4.24. The lowest BCUT2D eigenvalue weighted by molar-refractivity contribution is -0.387. The number of hydrogen-bond acceptors (Lipinski definition) is 5. The molecule has 0 radical (unpaired) electrons. The van der Waals surface area contributed by atoms with E-state index in [9.17, 15) is 23.3 Å². The molecule has 21 heavy (non-hydrogen) atoms. The molecular weight excluding hydrogens is 300 g/mol. The fourth-order valence-electron chi connectivity index (χ4n) is 2.39. The van der Waals surface area contributed by atoms with Gasteiger partial charge in [-0.15, -0.1) is 0 Å². The number of nitro benzene ring substituents is 1. The fraction of sp³-hybridized carbons (Fsp3) is 0.417. The predicted octanol–water partition coefficient (Wildman–Crippen LogP) is 1.22. The summed E-state index contributed by atoms with van der Waals surface area (Å²) in [4.78, 5) is 20.9. The first kappa shape index (κ1) is 15.4. The Bertz CT molecular complexity index is 672. The Labute approximate surface area is 121 Å². The van der Waals surface area contributed by atoms with Crippen LogP contribution in [0.25, 0.3) is 0 Å². The van der Waals surface area contributed by atoms with Gasteiger partial charge in [0.25, 0.3) is 15.7 Å². The zero-order chi connectivity index (χ0) is 15.6. The van der Waals surface area contributed by atoms with Gasteiger partial charge in [0.1, 0.15) is 6.04 Å². The van der Waals surface area contributed by atoms with Gasteiger partial charge in [-0.3, -0.25) is 14.9 Å². The van der Waals surface area contributed by atoms with Crippen LogP contribution in [-0.2, 0) is 14.8 Å². The van der Waals surface area contributed by atoms with Crippen molar-refractivity contribution in [1.82, 2.24) is 4.31 Å². The molecule has 1 heterocycles. The zero-order valence-corrected chi connectivity index (χ0v) is 11.8. The number of carboxylic acid groups (broad SMARTS) is 1. The molecular formula is C12H14N2O6S. The molecule has 2 rings (SSSR count). The lowest BCUT2D eigenvalue weighted by atomic mass is 10.1. The number of para-hydroxylation sites is 1. The van der Waals surface area contributed by atoms with Gasteiger partial charge in [-0.1, -0.05) is 12.1 Å². The van der Waals surface area contributed by atoms with Gasteiger partial charge in [0.05, 0.1) is 4.92 Å². The normalized spacial score (nSPS) is 20.1. The van der Waals surface area contributed by atoms with E-state index in [1.54, 1.807) is 0 Å². The minimum Gasteiger partial charge on any atom is -0.480 e. The summed E-state index contributed by atoms with van der Waals surface area (Å²) in [7, 11) is -4.22. The number of hydrogen-bond donors (Lipinski definition) is 1. The Morgan fingerprint density at radius 3 is 2.62 bits per heavy atom. The number of rotatable bonds is 4. The van der Waals surface area contributed by atoms with Crippen LogP contribution in [-0.4, -0.2) is 41.3 Å². The SMILES string of the molecule is O=C(O)[C@H]1CCCCN1S(=O)(=O)c1ccccc1[N+](=O)[O-]. The third-order valence-corrected chi connectivity index (χ3v) is 5.34. The summed E-state index contributed by atoms with van der Waals surface area (Å²) in [5, 5.41) is 20.1. The van der Waals surface area contributed by atoms with Crippen LogP contribution in [0.2, 0.25) is 0 Å². The molecule has 1 N–H and O–H groups in total. The van der Waals surface area contributed by atoms with Gasteiger partial charge in [-0.2, -0.15) is 4.31 Å². The van der Waals surface area contributed by atoms with Crippen LogP contribution in [0.3, 0.4) is 0 Å². The predicted molar refractivity (Wildman–Crippen MR) is 72.3 cm³/mol. The van der Waals surface area contributed by atoms with Gasteiger partial charge in [0, 0.05) is 12.6 Å². The Hall–Kier alpha value is -2.00. The standard InChI is InChI=1S/C12H14N2O6S/c15-12(16)10-6-3-4-8-13(10)21(19,20)11-7-2-1-5-9(11)14(17)18/h1-2,5,7,10H,3-4,6,8H2,(H,15,16)/t10-/m1/s1. The molecule has 8 nitrogen and oxygen atoms in total. The average Bonchev–Trinajstić information content (AvgIpc) is 2.47. The smallest absolute Gasteiger partial charge is 0.322 e. The second-order valence-electron chi connectivity index (χ2n) is 4.69. The molecule has 1 aliphatic rings. The first-order valence-corrected chi connectivity index (χ1v) is 7.78. The van der Waals surface area contributed by atoms with Gasteiger partial charge >= 0.3 is 5.97 Å². The third-order valence-electron chi connectivity index (χ3n) is 3.39. The molecule has 0 aromatic heterocycles. The quantitative estimate of drug-likeness (QED) is 0.659. The van der Waals surface area contributed by atoms with Crippen LogP contribution in [0.15, 0.2) is 29.2 Å². The number of carboxylic acids is 1. The van der Waals surface area contributed by atoms with Gasteiger partial charge in [-0.05, 0) is 25.3 Å². The van der Waals surface area contributed by atoms with E-state index in [0.717, 1.165) is 16.4 Å². The highest BCUT2D eigenvalue weighted by molar-refractivity contribution is 7.89. The van der Waals surface area contributed by atoms with Crippen molar-refractivity contribution in [2.24, 2.45) is 0 Å². The first-order valence-electron chi connectivity index (χ1n) is 6.34. The summed E-state index contributed by atoms with van der Waals surface area (Å²) in [5.41, 5.74) is -0.549. The van der Waals surface area contributed by atoms with E-state index in [4.69, 9.17) is 5.11 Å². The molecule has 1 aliphatic heterocycles. The van der Waals surface area contributed by atoms with E-state index >= 15 is 0 Å². The van der Waals surface area contributed by atoms with Crippen LogP contribution < -0.4 is 0 Å². The molecule has 0 bridgehead atoms. The van der Waals surface area contributed by atoms with Crippen molar-refractivity contribution < 1.29 is 23.2 Å². The number of carbonyl (C=O) groups is 1. The summed E-state index contributed by atoms with van der Waals surface area (Å²) in [5.74, 6) is -1.24. The minimum absolute atomic E-state index is 0.0470. The maximum atomic E-state index is 12.6. The minimum atomic E-state index is -4.22. The molecule has 0 amide bonds. The van der Waals surface area contributed by atoms with Gasteiger partial charge in [0.15, 0.2) is 4.90 Å². The molecule has 114 valence electrons. The van der Waals surface area contributed by atoms with E-state index in [-0.39, 0.29) is 13.0 Å². The monoisotopic (exact) mass is 314 g/mol. The summed E-state index contributed by atoms with van der Waals surface area (Å²) < 4.78 is 26.0. The highest BCUT2D eigenvalue weighted by atomic mass is 32.2. The number of aliphatic carboxylic acids is 1. The van der Waals surface area contributed by atoms with Crippen molar-refractivity contribution in [2.75, 3.05) is 6.54 Å². The lowest BCUT2D eigenvalue weighted by Crippen LogP contribution is -2.47. The third kappa shape index (κ3) is 2.88. The van der Waals surface area contributed by atoms with Gasteiger partial charge in [0.2, 0.25) is 0 Å². The second-order valence-corrected chi connectivity index (χ2v) is 6.55. The van der Waals surface area contributed by atoms with Crippen molar-refractivity contribution in [1.29, 1.82) is 0 Å². The number of piperidine rings is 1. The maximum absolute atomic E-state index is 12.6. The summed E-state index contributed by atoms with van der Waals surface area (Å²) in [6.07, 6.45) is 1.35. The van der Waals surface area contributed by atoms with Crippen molar-refractivity contribution in [3.8, 4) is 0 Å². The lowest BCUT2D eigenvalue weighted by Gasteiger charge is -2.31. The van der Waals surface area contributed by atoms with E-state index in [0.29, 0.717) is 12.8 Å². The van der Waals surface area contributed by atoms with Crippen LogP contribution in [0.1, 0.15) is 19.3 Å². The Morgan fingerprint density at radius 2 is 2.00 bits per heavy atom. The molecule has 1 aromatic carbocycles. The molecule has 1 atom stereocenters. The average molecular weight is 314 g/mol. The Morgan fingerprint density at radius 1 is 1.33 bits per heavy atom. The summed E-state index contributed by atoms with van der Waals surface area (Å²) in [6.45, 7) is 0.0470. The van der Waals surface area contributed by atoms with E-state index in [1.807, 2.05) is 0 Å². The molecule has 1 fully saturated rings. The summed E-state index contributed by atoms with van der Waals surface area (Å²) >= 11 is 0. The molecule has 1 aromatic rings. The van der Waals surface area contributed by atoms with Crippen molar-refractivity contribution >= 4 is 21.7 Å². The van der Waals surface area contributed by atoms with E-state index in [2.05, 4.69) is 0 Å². The van der Waals surface area contributed by atoms with Crippen molar-refractivity contribution in [2.45, 2.75) is 30.2 Å². The largest absolute Gasteiger partial charge is 0.480 e. The van der Waals surface area contributed by atoms with Crippen LogP contribution >= 0.6 is 0 Å². The van der Waals surface area contributed by atoms with Gasteiger partial charge in [-0.25, -0.2) is 8.42 Å². The molecule has 0 saturated carbocycles. The molecule has 0 unspecified atom stereocenters. The topological polar surface area (TPSA) is 118 Å². The molecule has 9 heteroatoms. The zero-order valence-electron chi connectivity index (χ0n) is 11.0. The Balaban J connectivity index is 2.51. The van der Waals surface area contributed by atoms with Crippen LogP contribution in [0.4, 0.5) is 5.69 Å². The second kappa shape index (κ2) is 5.78. The van der Waals surface area contributed by atoms with Crippen LogP contribution in [0.5, 0.6) is 0 Å². The van der Waals surface area contributed by atoms with Crippen molar-refractivity contribution in [3.63, 3.8) is 0 Å². The molecule has 0 spiro atoms. The highest BCUT2D eigenvalue weighted by Gasteiger charge is 2.40. The highest BCUT2D eigenvalue weighted by Crippen LogP contribution is 2.30. The maximum Gasteiger partial charge on any atom is 0.322 e. The fourth-order valence-corrected chi connectivity index (χ4v) is 4.20. The number of nitro groups is 1. The first-order chi connectivity index (χ1) is 9.85. The summed E-state index contributed by atoms with van der Waals surface area (Å²) in [6, 6.07) is 3.78. The number of sulfonamides is 1. The van der Waals surface area contributed by atoms with Gasteiger partial charge < -0.3 is 5.11 Å². The number of benzene rings is 1. The number of nitrogens with zero attached hydrogens (tertiary/aromatic N) is 2. The van der Waals surface area contributed by atoms with E-state index in [1.165, 1.54) is 12.1 Å². The van der Waals surface area contributed by atoms with E-state index < -0.39 is 37.5 Å². The van der Waals surface area contributed by atoms with Crippen LogP contribution in [0, 0.1) is 10.1 Å². The van der Waals surface area contributed by atoms with Crippen molar-refractivity contribution in [3.05, 3.63) is 34.4 Å². The molecule has 1 saturated heterocycles. The molecule has 0 aliphatic carbocycles.